The number of furan rings is 1. The molecule has 2 N–H and O–H groups in total. The molecule has 3 saturated heterocycles. The highest BCUT2D eigenvalue weighted by atomic mass is 16.6. The molecular weight excluding hydrogens is 456 g/mol. The zero-order chi connectivity index (χ0) is 25.2. The van der Waals surface area contributed by atoms with E-state index in [2.05, 4.69) is 0 Å². The van der Waals surface area contributed by atoms with Crippen molar-refractivity contribution < 1.29 is 43.2 Å². The smallest absolute Gasteiger partial charge is 0.335 e. The van der Waals surface area contributed by atoms with Crippen LogP contribution in [0.1, 0.15) is 65.0 Å². The normalized spacial score (nSPS) is 48.5. The van der Waals surface area contributed by atoms with Crippen LogP contribution in [-0.4, -0.2) is 58.0 Å². The van der Waals surface area contributed by atoms with E-state index in [1.165, 1.54) is 12.5 Å². The number of ketones is 1. The second-order valence-corrected chi connectivity index (χ2v) is 12.1. The van der Waals surface area contributed by atoms with Crippen LogP contribution < -0.4 is 0 Å². The molecule has 4 heterocycles. The molecule has 9 heteroatoms. The Labute approximate surface area is 203 Å². The maximum atomic E-state index is 14.2. The molecule has 1 aromatic heterocycles. The fourth-order valence-corrected chi connectivity index (χ4v) is 8.99. The minimum atomic E-state index is -1.43. The molecule has 0 bridgehead atoms. The van der Waals surface area contributed by atoms with E-state index in [1.807, 2.05) is 27.7 Å². The van der Waals surface area contributed by atoms with E-state index in [-0.39, 0.29) is 43.0 Å². The molecule has 2 saturated carbocycles. The van der Waals surface area contributed by atoms with Crippen LogP contribution >= 0.6 is 0 Å². The Morgan fingerprint density at radius 2 is 1.86 bits per heavy atom. The number of hydrogen-bond acceptors (Lipinski definition) is 8. The number of aliphatic hydroxyl groups excluding tert-OH is 1. The summed E-state index contributed by atoms with van der Waals surface area (Å²) in [5.74, 6) is -2.08. The van der Waals surface area contributed by atoms with E-state index in [0.717, 1.165) is 0 Å². The molecule has 5 aliphatic rings. The van der Waals surface area contributed by atoms with E-state index in [4.69, 9.17) is 18.6 Å². The fraction of sp³-hybridized carbons (Fsp3) is 0.731. The summed E-state index contributed by atoms with van der Waals surface area (Å²) in [7, 11) is 0. The van der Waals surface area contributed by atoms with Gasteiger partial charge in [-0.3, -0.25) is 9.59 Å². The van der Waals surface area contributed by atoms with Gasteiger partial charge in [-0.2, -0.15) is 0 Å². The van der Waals surface area contributed by atoms with Crippen LogP contribution in [0.4, 0.5) is 0 Å². The number of hydrogen-bond donors (Lipinski definition) is 2. The van der Waals surface area contributed by atoms with Crippen molar-refractivity contribution in [1.29, 1.82) is 0 Å². The summed E-state index contributed by atoms with van der Waals surface area (Å²) >= 11 is 0. The number of aliphatic carboxylic acids is 1. The van der Waals surface area contributed by atoms with Crippen molar-refractivity contribution in [3.63, 3.8) is 0 Å². The van der Waals surface area contributed by atoms with Gasteiger partial charge < -0.3 is 28.8 Å². The summed E-state index contributed by atoms with van der Waals surface area (Å²) in [6.07, 6.45) is 1.37. The number of cyclic esters (lactones) is 1. The molecule has 3 aliphatic heterocycles. The van der Waals surface area contributed by atoms with Crippen LogP contribution in [0.25, 0.3) is 0 Å². The van der Waals surface area contributed by atoms with Gasteiger partial charge in [0.15, 0.2) is 6.10 Å². The van der Waals surface area contributed by atoms with E-state index in [9.17, 15) is 24.6 Å². The highest BCUT2D eigenvalue weighted by Gasteiger charge is 2.87. The predicted octanol–water partition coefficient (Wildman–Crippen LogP) is 2.66. The van der Waals surface area contributed by atoms with Crippen molar-refractivity contribution in [2.24, 2.45) is 28.1 Å². The number of epoxide rings is 1. The summed E-state index contributed by atoms with van der Waals surface area (Å²) in [4.78, 5) is 38.9. The van der Waals surface area contributed by atoms with Gasteiger partial charge in [-0.05, 0) is 45.6 Å². The van der Waals surface area contributed by atoms with Gasteiger partial charge >= 0.3 is 11.9 Å². The molecule has 35 heavy (non-hydrogen) atoms. The third kappa shape index (κ3) is 2.47. The Balaban J connectivity index is 1.53. The van der Waals surface area contributed by atoms with Gasteiger partial charge in [0, 0.05) is 28.7 Å². The van der Waals surface area contributed by atoms with Crippen LogP contribution in [0.5, 0.6) is 0 Å². The molecule has 0 radical (unpaired) electrons. The van der Waals surface area contributed by atoms with E-state index >= 15 is 0 Å². The highest BCUT2D eigenvalue weighted by Crippen LogP contribution is 2.78. The van der Waals surface area contributed by atoms with Crippen molar-refractivity contribution in [1.82, 2.24) is 0 Å². The Bertz CT molecular complexity index is 1110. The summed E-state index contributed by atoms with van der Waals surface area (Å²) in [5.41, 5.74) is -4.49. The first-order valence-corrected chi connectivity index (χ1v) is 12.3. The number of ether oxygens (including phenoxy) is 3. The largest absolute Gasteiger partial charge is 0.479 e. The second-order valence-electron chi connectivity index (χ2n) is 12.1. The molecule has 0 amide bonds. The maximum Gasteiger partial charge on any atom is 0.335 e. The monoisotopic (exact) mass is 488 g/mol. The number of carbonyl (C=O) groups excluding carboxylic acids is 2. The summed E-state index contributed by atoms with van der Waals surface area (Å²) < 4.78 is 23.4. The third-order valence-corrected chi connectivity index (χ3v) is 10.6. The lowest BCUT2D eigenvalue weighted by molar-refractivity contribution is -0.218. The Morgan fingerprint density at radius 1 is 1.11 bits per heavy atom. The van der Waals surface area contributed by atoms with Gasteiger partial charge in [-0.25, -0.2) is 4.79 Å². The van der Waals surface area contributed by atoms with Crippen molar-refractivity contribution in [3.8, 4) is 0 Å². The number of carbonyl (C=O) groups is 3. The number of carboxylic acids is 1. The third-order valence-electron chi connectivity index (χ3n) is 10.6. The second kappa shape index (κ2) is 6.75. The average Bonchev–Trinajstić information content (AvgIpc) is 3.25. The number of Topliss-reactive ketones (excluding diaryl/α,β-unsaturated/α-hetero) is 1. The number of carboxylic acid groups (broad SMARTS) is 1. The zero-order valence-corrected chi connectivity index (χ0v) is 20.4. The highest BCUT2D eigenvalue weighted by molar-refractivity contribution is 5.92. The number of aliphatic hydroxyl groups is 1. The molecule has 190 valence electrons. The standard InChI is InChI=1S/C26H32O9/c1-22(2)15-9-16(27)24(4)14(25(15)12-33-18(28)10-17(25)34-22)5-7-23(3,19(29)13-6-8-32-11-13)26(24)20(35-26)21(30)31/h6,8,11,14-15,17,19-20,29H,5,7,9-10,12H2,1-4H3,(H,30,31)/t14?,15?,17?,19-,20?,23-,24?,25?,26?/m0/s1. The van der Waals surface area contributed by atoms with Crippen LogP contribution in [0.15, 0.2) is 23.0 Å². The summed E-state index contributed by atoms with van der Waals surface area (Å²) in [5, 5.41) is 21.7. The lowest BCUT2D eigenvalue weighted by Gasteiger charge is -2.64. The van der Waals surface area contributed by atoms with Crippen molar-refractivity contribution >= 4 is 17.7 Å². The minimum absolute atomic E-state index is 0.0820. The van der Waals surface area contributed by atoms with Crippen LogP contribution in [0.2, 0.25) is 0 Å². The minimum Gasteiger partial charge on any atom is -0.479 e. The van der Waals surface area contributed by atoms with Gasteiger partial charge in [-0.1, -0.05) is 6.92 Å². The van der Waals surface area contributed by atoms with Gasteiger partial charge in [0.25, 0.3) is 0 Å². The van der Waals surface area contributed by atoms with Crippen molar-refractivity contribution in [3.05, 3.63) is 24.2 Å². The van der Waals surface area contributed by atoms with E-state index < -0.39 is 51.7 Å². The van der Waals surface area contributed by atoms with E-state index in [1.54, 1.807) is 6.07 Å². The molecule has 1 aromatic rings. The first-order valence-electron chi connectivity index (χ1n) is 12.3. The Hall–Kier alpha value is -2.23. The van der Waals surface area contributed by atoms with Gasteiger partial charge in [0.05, 0.1) is 42.2 Å². The zero-order valence-electron chi connectivity index (χ0n) is 20.4. The first kappa shape index (κ1) is 23.2. The summed E-state index contributed by atoms with van der Waals surface area (Å²) in [6, 6.07) is 1.65. The molecule has 0 aromatic carbocycles. The molecule has 6 rings (SSSR count). The number of esters is 1. The lowest BCUT2D eigenvalue weighted by atomic mass is 9.37. The maximum absolute atomic E-state index is 14.2. The van der Waals surface area contributed by atoms with Crippen LogP contribution in [0.3, 0.4) is 0 Å². The quantitative estimate of drug-likeness (QED) is 0.486. The van der Waals surface area contributed by atoms with Crippen LogP contribution in [-0.2, 0) is 28.6 Å². The fourth-order valence-electron chi connectivity index (χ4n) is 8.99. The molecular formula is C26H32O9. The predicted molar refractivity (Wildman–Crippen MR) is 118 cm³/mol. The molecule has 7 unspecified atom stereocenters. The first-order chi connectivity index (χ1) is 16.4. The average molecular weight is 489 g/mol. The van der Waals surface area contributed by atoms with Gasteiger partial charge in [0.1, 0.15) is 18.0 Å². The van der Waals surface area contributed by atoms with Crippen LogP contribution in [0, 0.1) is 28.1 Å². The Morgan fingerprint density at radius 3 is 2.49 bits per heavy atom. The Kier molecular flexibility index (Phi) is 4.47. The molecule has 9 nitrogen and oxygen atoms in total. The molecule has 5 fully saturated rings. The number of fused-ring (bicyclic) bond motifs is 2. The lowest BCUT2D eigenvalue weighted by Crippen LogP contribution is -2.71. The molecule has 2 aliphatic carbocycles. The van der Waals surface area contributed by atoms with Gasteiger partial charge in [-0.15, -0.1) is 0 Å². The van der Waals surface area contributed by atoms with Crippen molar-refractivity contribution in [2.75, 3.05) is 6.61 Å². The van der Waals surface area contributed by atoms with Crippen molar-refractivity contribution in [2.45, 2.75) is 82.9 Å². The summed E-state index contributed by atoms with van der Waals surface area (Å²) in [6.45, 7) is 7.67. The molecule has 2 spiro atoms. The number of rotatable bonds is 3. The SMILES string of the molecule is CC1(C)OC2CC(=O)OCC23C1CC(=O)C1(C)C3CC[C@@](C)([C@@H](O)c2ccoc2)C12OC2C(=O)O. The van der Waals surface area contributed by atoms with Gasteiger partial charge in [0.2, 0.25) is 0 Å². The topological polar surface area (TPSA) is 136 Å². The molecule has 9 atom stereocenters. The van der Waals surface area contributed by atoms with E-state index in [0.29, 0.717) is 18.4 Å².